The number of ether oxygens (including phenoxy) is 4. The summed E-state index contributed by atoms with van der Waals surface area (Å²) in [7, 11) is 2.50. The number of anilines is 1. The summed E-state index contributed by atoms with van der Waals surface area (Å²) in [6.07, 6.45) is 0.596. The maximum absolute atomic E-state index is 13.6. The molecule has 40 heavy (non-hydrogen) atoms. The largest absolute Gasteiger partial charge is 0.466 e. The minimum atomic E-state index is -0.919. The Kier molecular flexibility index (Phi) is 6.22. The van der Waals surface area contributed by atoms with E-state index in [0.717, 1.165) is 16.8 Å². The molecule has 1 amide bonds. The quantitative estimate of drug-likeness (QED) is 0.420. The molecule has 10 nitrogen and oxygen atoms in total. The third kappa shape index (κ3) is 3.65. The van der Waals surface area contributed by atoms with E-state index in [-0.39, 0.29) is 43.5 Å². The molecule has 1 fully saturated rings. The fourth-order valence-corrected chi connectivity index (χ4v) is 6.23. The van der Waals surface area contributed by atoms with Crippen molar-refractivity contribution in [1.82, 2.24) is 4.90 Å². The molecule has 4 heterocycles. The molecule has 0 aliphatic carbocycles. The first kappa shape index (κ1) is 25.5. The summed E-state index contributed by atoms with van der Waals surface area (Å²) in [6.45, 7) is 2.35. The van der Waals surface area contributed by atoms with Gasteiger partial charge in [0.25, 0.3) is 0 Å². The smallest absolute Gasteiger partial charge is 0.357 e. The molecule has 4 aliphatic heterocycles. The average Bonchev–Trinajstić information content (AvgIpc) is 3.56. The Labute approximate surface area is 231 Å². The predicted octanol–water partition coefficient (Wildman–Crippen LogP) is 2.70. The summed E-state index contributed by atoms with van der Waals surface area (Å²) in [6, 6.07) is 12.6. The summed E-state index contributed by atoms with van der Waals surface area (Å²) in [5, 5.41) is 0. The van der Waals surface area contributed by atoms with E-state index in [9.17, 15) is 14.4 Å². The van der Waals surface area contributed by atoms with Crippen LogP contribution in [0, 0.1) is 11.8 Å². The zero-order valence-corrected chi connectivity index (χ0v) is 22.4. The Morgan fingerprint density at radius 3 is 2.65 bits per heavy atom. The van der Waals surface area contributed by atoms with Crippen molar-refractivity contribution in [2.24, 2.45) is 4.99 Å². The van der Waals surface area contributed by atoms with E-state index in [1.165, 1.54) is 14.2 Å². The predicted molar refractivity (Wildman–Crippen MR) is 144 cm³/mol. The highest BCUT2D eigenvalue weighted by Crippen LogP contribution is 2.56. The molecule has 6 rings (SSSR count). The number of hydrogen-bond donors (Lipinski definition) is 0. The van der Waals surface area contributed by atoms with Crippen LogP contribution in [0.2, 0.25) is 0 Å². The van der Waals surface area contributed by atoms with E-state index in [4.69, 9.17) is 23.9 Å². The second-order valence-electron chi connectivity index (χ2n) is 9.79. The standard InChI is InChI=1S/C30H27N3O7/c1-4-5-14-32-20-9-7-6-8-19(20)30-13-12-23(34)33(16-18-10-11-21-22(15-18)40-17-39-21)29(30)31-25(28(36)38-3)24(26(30)32)27(35)37-2/h6-11,15,26H,12-14,16-17H2,1-3H3/t26-,30-/m0/s1. The van der Waals surface area contributed by atoms with E-state index in [0.29, 0.717) is 23.8 Å². The Morgan fingerprint density at radius 2 is 1.88 bits per heavy atom. The van der Waals surface area contributed by atoms with E-state index >= 15 is 0 Å². The molecule has 1 spiro atoms. The molecule has 204 valence electrons. The van der Waals surface area contributed by atoms with Gasteiger partial charge < -0.3 is 23.8 Å². The van der Waals surface area contributed by atoms with E-state index in [1.54, 1.807) is 17.9 Å². The summed E-state index contributed by atoms with van der Waals surface area (Å²) in [4.78, 5) is 48.5. The number of carbonyl (C=O) groups is 3. The van der Waals surface area contributed by atoms with Crippen molar-refractivity contribution < 1.29 is 33.3 Å². The first-order chi connectivity index (χ1) is 19.4. The number of fused-ring (bicyclic) bond motifs is 2. The van der Waals surface area contributed by atoms with Crippen LogP contribution in [-0.2, 0) is 35.8 Å². The van der Waals surface area contributed by atoms with Crippen LogP contribution in [0.1, 0.15) is 30.9 Å². The molecule has 2 aromatic rings. The van der Waals surface area contributed by atoms with Gasteiger partial charge in [0.2, 0.25) is 12.7 Å². The van der Waals surface area contributed by atoms with E-state index < -0.39 is 23.4 Å². The maximum Gasteiger partial charge on any atom is 0.357 e. The van der Waals surface area contributed by atoms with Crippen LogP contribution in [0.15, 0.2) is 58.7 Å². The fraction of sp³-hybridized carbons (Fsp3) is 0.333. The second kappa shape index (κ2) is 9.75. The zero-order chi connectivity index (χ0) is 28.0. The monoisotopic (exact) mass is 541 g/mol. The summed E-state index contributed by atoms with van der Waals surface area (Å²) in [5.74, 6) is 6.04. The van der Waals surface area contributed by atoms with Crippen molar-refractivity contribution in [2.75, 3.05) is 32.5 Å². The Hall–Kier alpha value is -4.78. The number of hydrogen-bond acceptors (Lipinski definition) is 9. The Bertz CT molecular complexity index is 1570. The van der Waals surface area contributed by atoms with Gasteiger partial charge in [-0.05, 0) is 42.7 Å². The highest BCUT2D eigenvalue weighted by Gasteiger charge is 2.63. The lowest BCUT2D eigenvalue weighted by atomic mass is 9.65. The Balaban J connectivity index is 1.59. The molecule has 4 aliphatic rings. The van der Waals surface area contributed by atoms with Crippen LogP contribution in [0.3, 0.4) is 0 Å². The van der Waals surface area contributed by atoms with Crippen molar-refractivity contribution in [3.63, 3.8) is 0 Å². The maximum atomic E-state index is 13.6. The molecule has 0 saturated carbocycles. The molecule has 0 aromatic heterocycles. The second-order valence-corrected chi connectivity index (χ2v) is 9.79. The van der Waals surface area contributed by atoms with Crippen LogP contribution in [-0.4, -0.2) is 62.2 Å². The van der Waals surface area contributed by atoms with Gasteiger partial charge in [0.05, 0.1) is 44.3 Å². The number of methoxy groups -OCH3 is 2. The number of amidine groups is 1. The van der Waals surface area contributed by atoms with Gasteiger partial charge >= 0.3 is 11.9 Å². The molecular formula is C30H27N3O7. The van der Waals surface area contributed by atoms with Gasteiger partial charge in [0.1, 0.15) is 5.84 Å². The number of likely N-dealkylation sites (tertiary alicyclic amines) is 1. The van der Waals surface area contributed by atoms with Gasteiger partial charge in [0.15, 0.2) is 17.2 Å². The highest BCUT2D eigenvalue weighted by molar-refractivity contribution is 6.15. The SMILES string of the molecule is CC#CCN1c2ccccc2[C@]23CCC(=O)N(Cc4ccc5c(c4)OCO5)C2=NC(C(=O)OC)=C(C(=O)OC)[C@H]13. The molecule has 0 N–H and O–H groups in total. The molecule has 1 saturated heterocycles. The van der Waals surface area contributed by atoms with Gasteiger partial charge in [-0.25, -0.2) is 14.6 Å². The lowest BCUT2D eigenvalue weighted by Crippen LogP contribution is -2.63. The molecule has 0 unspecified atom stereocenters. The number of amides is 1. The number of aliphatic imine (C=N–C) groups is 1. The summed E-state index contributed by atoms with van der Waals surface area (Å²) >= 11 is 0. The number of carbonyl (C=O) groups excluding carboxylic acids is 3. The molecule has 2 atom stereocenters. The van der Waals surface area contributed by atoms with Crippen molar-refractivity contribution >= 4 is 29.4 Å². The first-order valence-corrected chi connectivity index (χ1v) is 12.9. The van der Waals surface area contributed by atoms with Gasteiger partial charge in [-0.15, -0.1) is 5.92 Å². The minimum absolute atomic E-state index is 0.0876. The molecule has 0 radical (unpaired) electrons. The summed E-state index contributed by atoms with van der Waals surface area (Å²) < 4.78 is 21.3. The van der Waals surface area contributed by atoms with Crippen molar-refractivity contribution in [3.05, 3.63) is 64.9 Å². The third-order valence-corrected chi connectivity index (χ3v) is 7.90. The van der Waals surface area contributed by atoms with Crippen LogP contribution in [0.5, 0.6) is 11.5 Å². The molecular weight excluding hydrogens is 514 g/mol. The average molecular weight is 542 g/mol. The zero-order valence-electron chi connectivity index (χ0n) is 22.4. The van der Waals surface area contributed by atoms with Crippen LogP contribution in [0.4, 0.5) is 5.69 Å². The van der Waals surface area contributed by atoms with Gasteiger partial charge in [-0.3, -0.25) is 9.69 Å². The normalized spacial score (nSPS) is 22.0. The van der Waals surface area contributed by atoms with Gasteiger partial charge in [-0.2, -0.15) is 0 Å². The lowest BCUT2D eigenvalue weighted by molar-refractivity contribution is -0.140. The van der Waals surface area contributed by atoms with E-state index in [1.807, 2.05) is 41.3 Å². The van der Waals surface area contributed by atoms with E-state index in [2.05, 4.69) is 11.8 Å². The van der Waals surface area contributed by atoms with Crippen LogP contribution < -0.4 is 14.4 Å². The van der Waals surface area contributed by atoms with Crippen molar-refractivity contribution in [1.29, 1.82) is 0 Å². The number of piperidine rings is 1. The Morgan fingerprint density at radius 1 is 1.10 bits per heavy atom. The van der Waals surface area contributed by atoms with Crippen LogP contribution >= 0.6 is 0 Å². The summed E-state index contributed by atoms with van der Waals surface area (Å²) in [5.41, 5.74) is 1.55. The van der Waals surface area contributed by atoms with Gasteiger partial charge in [0, 0.05) is 12.1 Å². The highest BCUT2D eigenvalue weighted by atomic mass is 16.7. The fourth-order valence-electron chi connectivity index (χ4n) is 6.23. The van der Waals surface area contributed by atoms with Crippen LogP contribution in [0.25, 0.3) is 0 Å². The van der Waals surface area contributed by atoms with Crippen molar-refractivity contribution in [2.45, 2.75) is 37.8 Å². The van der Waals surface area contributed by atoms with Crippen molar-refractivity contribution in [3.8, 4) is 23.3 Å². The van der Waals surface area contributed by atoms with Gasteiger partial charge in [-0.1, -0.05) is 30.2 Å². The number of para-hydroxylation sites is 1. The third-order valence-electron chi connectivity index (χ3n) is 7.90. The number of esters is 2. The molecule has 0 bridgehead atoms. The lowest BCUT2D eigenvalue weighted by Gasteiger charge is -2.48. The topological polar surface area (TPSA) is 107 Å². The molecule has 2 aromatic carbocycles. The number of rotatable bonds is 5. The number of benzene rings is 2. The minimum Gasteiger partial charge on any atom is -0.466 e. The molecule has 10 heteroatoms. The first-order valence-electron chi connectivity index (χ1n) is 12.9. The number of nitrogens with zero attached hydrogens (tertiary/aromatic N) is 3.